The molecule has 168 valence electrons. The quantitative estimate of drug-likeness (QED) is 0.476. The molecular formula is C20H23N7O3S2. The van der Waals surface area contributed by atoms with Gasteiger partial charge in [0.2, 0.25) is 5.91 Å². The molecule has 12 heteroatoms. The summed E-state index contributed by atoms with van der Waals surface area (Å²) in [6.45, 7) is 5.19. The van der Waals surface area contributed by atoms with E-state index in [9.17, 15) is 13.2 Å². The molecule has 2 aromatic heterocycles. The second-order valence-electron chi connectivity index (χ2n) is 7.33. The summed E-state index contributed by atoms with van der Waals surface area (Å²) in [6, 6.07) is 8.77. The summed E-state index contributed by atoms with van der Waals surface area (Å²) in [7, 11) is -3.81. The van der Waals surface area contributed by atoms with Gasteiger partial charge >= 0.3 is 0 Å². The molecule has 0 radical (unpaired) electrons. The molecule has 1 aliphatic heterocycles. The molecule has 4 rings (SSSR count). The zero-order chi connectivity index (χ0) is 22.7. The summed E-state index contributed by atoms with van der Waals surface area (Å²) in [6.07, 6.45) is 3.54. The van der Waals surface area contributed by atoms with Gasteiger partial charge in [0, 0.05) is 37.5 Å². The van der Waals surface area contributed by atoms with Crippen LogP contribution in [0.15, 0.2) is 40.7 Å². The predicted octanol–water partition coefficient (Wildman–Crippen LogP) is 3.34. The van der Waals surface area contributed by atoms with E-state index in [4.69, 9.17) is 0 Å². The number of nitrogens with zero attached hydrogens (tertiary/aromatic N) is 4. The molecule has 3 aromatic rings. The summed E-state index contributed by atoms with van der Waals surface area (Å²) in [5.41, 5.74) is 1.17. The third-order valence-electron chi connectivity index (χ3n) is 4.70. The third-order valence-corrected chi connectivity index (χ3v) is 7.45. The van der Waals surface area contributed by atoms with Gasteiger partial charge in [0.25, 0.3) is 10.0 Å². The van der Waals surface area contributed by atoms with Crippen molar-refractivity contribution in [3.05, 3.63) is 42.4 Å². The number of anilines is 5. The van der Waals surface area contributed by atoms with E-state index in [1.807, 2.05) is 13.0 Å². The standard InChI is InChI=1S/C20H23N7O3S2/c1-13-22-17(11-18(23-13)27-9-3-4-10-27)25-15-5-7-16(8-6-15)26-32(29,30)19-12-21-20(31-19)24-14(2)28/h5-8,11-12,26H,3-4,9-10H2,1-2H3,(H,21,24,28)(H,22,23,25). The van der Waals surface area contributed by atoms with E-state index in [1.165, 1.54) is 26.0 Å². The van der Waals surface area contributed by atoms with Gasteiger partial charge < -0.3 is 15.5 Å². The second kappa shape index (κ2) is 9.09. The summed E-state index contributed by atoms with van der Waals surface area (Å²) in [4.78, 5) is 26.2. The highest BCUT2D eigenvalue weighted by molar-refractivity contribution is 7.94. The molecule has 3 N–H and O–H groups in total. The van der Waals surface area contributed by atoms with E-state index in [0.717, 1.165) is 35.9 Å². The fraction of sp³-hybridized carbons (Fsp3) is 0.300. The minimum absolute atomic E-state index is 0.00866. The number of carbonyl (C=O) groups is 1. The van der Waals surface area contributed by atoms with Crippen molar-refractivity contribution in [1.29, 1.82) is 0 Å². The lowest BCUT2D eigenvalue weighted by atomic mass is 10.3. The molecule has 1 fully saturated rings. The van der Waals surface area contributed by atoms with E-state index < -0.39 is 10.0 Å². The van der Waals surface area contributed by atoms with Crippen LogP contribution >= 0.6 is 11.3 Å². The van der Waals surface area contributed by atoms with Crippen molar-refractivity contribution in [2.45, 2.75) is 30.9 Å². The van der Waals surface area contributed by atoms with Crippen LogP contribution in [0.25, 0.3) is 0 Å². The summed E-state index contributed by atoms with van der Waals surface area (Å²) >= 11 is 0.881. The topological polar surface area (TPSA) is 129 Å². The van der Waals surface area contributed by atoms with Crippen LogP contribution in [0.3, 0.4) is 0 Å². The Morgan fingerprint density at radius 2 is 1.78 bits per heavy atom. The number of aryl methyl sites for hydroxylation is 1. The van der Waals surface area contributed by atoms with Gasteiger partial charge in [0.15, 0.2) is 9.34 Å². The first kappa shape index (κ1) is 22.0. The average molecular weight is 474 g/mol. The summed E-state index contributed by atoms with van der Waals surface area (Å²) in [5, 5.41) is 5.95. The molecule has 0 spiro atoms. The molecule has 0 unspecified atom stereocenters. The van der Waals surface area contributed by atoms with E-state index in [1.54, 1.807) is 24.3 Å². The first-order chi connectivity index (χ1) is 15.3. The number of aromatic nitrogens is 3. The Bertz CT molecular complexity index is 1220. The predicted molar refractivity (Wildman–Crippen MR) is 125 cm³/mol. The molecule has 3 heterocycles. The second-order valence-corrected chi connectivity index (χ2v) is 10.3. The molecule has 0 aliphatic carbocycles. The van der Waals surface area contributed by atoms with Gasteiger partial charge in [-0.1, -0.05) is 11.3 Å². The number of carbonyl (C=O) groups excluding carboxylic acids is 1. The first-order valence-corrected chi connectivity index (χ1v) is 12.3. The lowest BCUT2D eigenvalue weighted by Crippen LogP contribution is -2.19. The smallest absolute Gasteiger partial charge is 0.273 e. The Hall–Kier alpha value is -3.25. The van der Waals surface area contributed by atoms with Gasteiger partial charge in [0.05, 0.1) is 6.20 Å². The van der Waals surface area contributed by atoms with Crippen LogP contribution in [0, 0.1) is 6.92 Å². The highest BCUT2D eigenvalue weighted by Crippen LogP contribution is 2.27. The molecule has 1 aliphatic rings. The van der Waals surface area contributed by atoms with Gasteiger partial charge in [-0.15, -0.1) is 0 Å². The molecule has 0 bridgehead atoms. The lowest BCUT2D eigenvalue weighted by Gasteiger charge is -2.18. The number of hydrogen-bond acceptors (Lipinski definition) is 9. The number of thiazole rings is 1. The zero-order valence-corrected chi connectivity index (χ0v) is 19.3. The molecule has 10 nitrogen and oxygen atoms in total. The van der Waals surface area contributed by atoms with Crippen LogP contribution < -0.4 is 20.3 Å². The van der Waals surface area contributed by atoms with E-state index in [-0.39, 0.29) is 15.2 Å². The van der Waals surface area contributed by atoms with Crippen molar-refractivity contribution in [2.24, 2.45) is 0 Å². The van der Waals surface area contributed by atoms with Gasteiger partial charge in [-0.3, -0.25) is 9.52 Å². The Morgan fingerprint density at radius 1 is 1.09 bits per heavy atom. The number of hydrogen-bond donors (Lipinski definition) is 3. The Labute approximate surface area is 190 Å². The SMILES string of the molecule is CC(=O)Nc1ncc(S(=O)(=O)Nc2ccc(Nc3cc(N4CCCC4)nc(C)n3)cc2)s1. The van der Waals surface area contributed by atoms with Crippen molar-refractivity contribution < 1.29 is 13.2 Å². The van der Waals surface area contributed by atoms with Crippen molar-refractivity contribution in [3.8, 4) is 0 Å². The number of amides is 1. The maximum Gasteiger partial charge on any atom is 0.273 e. The Balaban J connectivity index is 1.44. The normalized spacial score (nSPS) is 13.8. The van der Waals surface area contributed by atoms with Crippen LogP contribution in [0.1, 0.15) is 25.6 Å². The summed E-state index contributed by atoms with van der Waals surface area (Å²) < 4.78 is 27.7. The summed E-state index contributed by atoms with van der Waals surface area (Å²) in [5.74, 6) is 1.96. The maximum absolute atomic E-state index is 12.6. The van der Waals surface area contributed by atoms with Crippen molar-refractivity contribution in [1.82, 2.24) is 15.0 Å². The zero-order valence-electron chi connectivity index (χ0n) is 17.6. The lowest BCUT2D eigenvalue weighted by molar-refractivity contribution is -0.114. The molecule has 0 atom stereocenters. The monoisotopic (exact) mass is 473 g/mol. The minimum atomic E-state index is -3.81. The highest BCUT2D eigenvalue weighted by Gasteiger charge is 2.19. The largest absolute Gasteiger partial charge is 0.356 e. The number of nitrogens with one attached hydrogen (secondary N) is 3. The minimum Gasteiger partial charge on any atom is -0.356 e. The number of benzene rings is 1. The van der Waals surface area contributed by atoms with Crippen molar-refractivity contribution in [3.63, 3.8) is 0 Å². The van der Waals surface area contributed by atoms with Crippen LogP contribution in [0.4, 0.5) is 28.1 Å². The van der Waals surface area contributed by atoms with E-state index >= 15 is 0 Å². The van der Waals surface area contributed by atoms with Crippen LogP contribution in [-0.2, 0) is 14.8 Å². The van der Waals surface area contributed by atoms with Crippen molar-refractivity contribution >= 4 is 55.4 Å². The molecule has 32 heavy (non-hydrogen) atoms. The first-order valence-electron chi connectivity index (χ1n) is 10.0. The van der Waals surface area contributed by atoms with Crippen LogP contribution in [-0.4, -0.2) is 42.4 Å². The Morgan fingerprint density at radius 3 is 2.47 bits per heavy atom. The fourth-order valence-corrected chi connectivity index (χ4v) is 5.43. The van der Waals surface area contributed by atoms with Gasteiger partial charge in [-0.2, -0.15) is 0 Å². The number of sulfonamides is 1. The highest BCUT2D eigenvalue weighted by atomic mass is 32.2. The fourth-order valence-electron chi connectivity index (χ4n) is 3.29. The molecule has 1 aromatic carbocycles. The van der Waals surface area contributed by atoms with Gasteiger partial charge in [-0.05, 0) is 44.0 Å². The van der Waals surface area contributed by atoms with Gasteiger partial charge in [0.1, 0.15) is 17.5 Å². The average Bonchev–Trinajstić information content (AvgIpc) is 3.41. The molecular weight excluding hydrogens is 450 g/mol. The van der Waals surface area contributed by atoms with E-state index in [0.29, 0.717) is 17.3 Å². The van der Waals surface area contributed by atoms with Gasteiger partial charge in [-0.25, -0.2) is 23.4 Å². The van der Waals surface area contributed by atoms with Crippen molar-refractivity contribution in [2.75, 3.05) is 33.3 Å². The number of rotatable bonds is 7. The molecule has 0 saturated carbocycles. The third kappa shape index (κ3) is 5.32. The van der Waals surface area contributed by atoms with E-state index in [2.05, 4.69) is 35.2 Å². The maximum atomic E-state index is 12.6. The Kier molecular flexibility index (Phi) is 6.24. The molecule has 1 saturated heterocycles. The van der Waals surface area contributed by atoms with Crippen LogP contribution in [0.5, 0.6) is 0 Å². The van der Waals surface area contributed by atoms with Crippen LogP contribution in [0.2, 0.25) is 0 Å². The molecule has 1 amide bonds.